The van der Waals surface area contributed by atoms with Crippen LogP contribution in [0, 0.1) is 0 Å². The normalized spacial score (nSPS) is 16.4. The highest BCUT2D eigenvalue weighted by atomic mass is 35.5. The molecule has 26 heavy (non-hydrogen) atoms. The van der Waals surface area contributed by atoms with Crippen LogP contribution in [0.1, 0.15) is 30.1 Å². The van der Waals surface area contributed by atoms with E-state index in [2.05, 4.69) is 16.9 Å². The molecule has 2 N–H and O–H groups in total. The number of imidazole rings is 1. The number of nitrogens with zero attached hydrogens (tertiary/aromatic N) is 5. The molecule has 6 nitrogen and oxygen atoms in total. The molecule has 1 saturated heterocycles. The van der Waals surface area contributed by atoms with Gasteiger partial charge < -0.3 is 15.2 Å². The van der Waals surface area contributed by atoms with E-state index in [4.69, 9.17) is 38.9 Å². The van der Waals surface area contributed by atoms with Gasteiger partial charge in [0.1, 0.15) is 5.82 Å². The summed E-state index contributed by atoms with van der Waals surface area (Å²) >= 11 is 12.6. The Kier molecular flexibility index (Phi) is 4.73. The lowest BCUT2D eigenvalue weighted by molar-refractivity contribution is 0.251. The van der Waals surface area contributed by atoms with Crippen molar-refractivity contribution in [1.82, 2.24) is 24.4 Å². The fraction of sp³-hybridized carbons (Fsp3) is 0.389. The maximum atomic E-state index is 6.32. The number of likely N-dealkylation sites (tertiary alicyclic amines) is 1. The molecular formula is C18H20Cl2N6. The molecule has 1 aromatic carbocycles. The van der Waals surface area contributed by atoms with Gasteiger partial charge in [-0.2, -0.15) is 0 Å². The number of nitrogen functional groups attached to an aromatic ring is 1. The molecule has 3 aliphatic rings. The average Bonchev–Trinajstić information content (AvgIpc) is 3.07. The van der Waals surface area contributed by atoms with Gasteiger partial charge in [-0.05, 0) is 45.1 Å². The second-order valence-corrected chi connectivity index (χ2v) is 7.60. The van der Waals surface area contributed by atoms with Gasteiger partial charge in [0, 0.05) is 21.5 Å². The zero-order valence-electron chi connectivity index (χ0n) is 14.5. The molecule has 0 amide bonds. The maximum Gasteiger partial charge on any atom is 0.166 e. The van der Waals surface area contributed by atoms with Crippen LogP contribution in [0.4, 0.5) is 5.82 Å². The Labute approximate surface area is 162 Å². The molecule has 0 spiro atoms. The van der Waals surface area contributed by atoms with Crippen LogP contribution in [0.5, 0.6) is 0 Å². The Hall–Kier alpha value is -1.89. The first kappa shape index (κ1) is 17.5. The highest BCUT2D eigenvalue weighted by Gasteiger charge is 2.26. The summed E-state index contributed by atoms with van der Waals surface area (Å²) in [7, 11) is 2.14. The third-order valence-corrected chi connectivity index (χ3v) is 5.69. The van der Waals surface area contributed by atoms with Gasteiger partial charge in [-0.1, -0.05) is 29.3 Å². The van der Waals surface area contributed by atoms with Crippen LogP contribution in [0.15, 0.2) is 24.5 Å². The monoisotopic (exact) mass is 390 g/mol. The minimum atomic E-state index is 0.357. The fourth-order valence-corrected chi connectivity index (χ4v) is 3.91. The van der Waals surface area contributed by atoms with Gasteiger partial charge >= 0.3 is 0 Å². The van der Waals surface area contributed by atoms with E-state index in [-0.39, 0.29) is 0 Å². The van der Waals surface area contributed by atoms with Crippen LogP contribution in [0.25, 0.3) is 11.5 Å². The number of halogens is 2. The van der Waals surface area contributed by atoms with Crippen LogP contribution in [-0.4, -0.2) is 44.6 Å². The topological polar surface area (TPSA) is 72.9 Å². The largest absolute Gasteiger partial charge is 0.382 e. The lowest BCUT2D eigenvalue weighted by atomic mass is 9.97. The predicted octanol–water partition coefficient (Wildman–Crippen LogP) is 3.52. The molecule has 0 atom stereocenters. The Morgan fingerprint density at radius 3 is 2.54 bits per heavy atom. The number of aromatic nitrogens is 4. The van der Waals surface area contributed by atoms with E-state index < -0.39 is 0 Å². The van der Waals surface area contributed by atoms with E-state index in [0.717, 1.165) is 43.1 Å². The molecule has 136 valence electrons. The Morgan fingerprint density at radius 1 is 1.15 bits per heavy atom. The number of rotatable bonds is 3. The highest BCUT2D eigenvalue weighted by molar-refractivity contribution is 6.35. The number of nitrogens with two attached hydrogens (primary N) is 1. The number of benzene rings is 1. The summed E-state index contributed by atoms with van der Waals surface area (Å²) in [6.07, 6.45) is 3.78. The summed E-state index contributed by atoms with van der Waals surface area (Å²) < 4.78 is 1.91. The first-order valence-corrected chi connectivity index (χ1v) is 9.38. The third kappa shape index (κ3) is 3.24. The van der Waals surface area contributed by atoms with Crippen LogP contribution in [0.2, 0.25) is 10.0 Å². The SMILES string of the molecule is CN1CCC(c2nc3c(N)ncn(Cc4c(Cl)cccc4Cl)c-3n2)CC1. The molecule has 0 saturated carbocycles. The number of hydrogen-bond donors (Lipinski definition) is 1. The average molecular weight is 391 g/mol. The Balaban J connectivity index is 1.71. The molecule has 3 heterocycles. The summed E-state index contributed by atoms with van der Waals surface area (Å²) in [6.45, 7) is 2.57. The second-order valence-electron chi connectivity index (χ2n) is 6.79. The van der Waals surface area contributed by atoms with Crippen molar-refractivity contribution < 1.29 is 0 Å². The second kappa shape index (κ2) is 7.02. The lowest BCUT2D eigenvalue weighted by Crippen LogP contribution is -2.29. The zero-order valence-corrected chi connectivity index (χ0v) is 16.0. The minimum absolute atomic E-state index is 0.357. The molecule has 1 aromatic rings. The van der Waals surface area contributed by atoms with E-state index in [1.165, 1.54) is 0 Å². The van der Waals surface area contributed by atoms with Crippen molar-refractivity contribution >= 4 is 29.0 Å². The van der Waals surface area contributed by atoms with Crippen molar-refractivity contribution in [2.75, 3.05) is 25.9 Å². The van der Waals surface area contributed by atoms with E-state index in [0.29, 0.717) is 34.0 Å². The van der Waals surface area contributed by atoms with Gasteiger partial charge in [-0.25, -0.2) is 15.0 Å². The fourth-order valence-electron chi connectivity index (χ4n) is 3.39. The summed E-state index contributed by atoms with van der Waals surface area (Å²) in [6, 6.07) is 5.48. The molecular weight excluding hydrogens is 371 g/mol. The molecule has 0 radical (unpaired) electrons. The molecule has 4 rings (SSSR count). The summed E-state index contributed by atoms with van der Waals surface area (Å²) in [5.74, 6) is 2.33. The predicted molar refractivity (Wildman–Crippen MR) is 104 cm³/mol. The quantitative estimate of drug-likeness (QED) is 0.740. The van der Waals surface area contributed by atoms with Crippen LogP contribution < -0.4 is 5.73 Å². The van der Waals surface area contributed by atoms with Crippen molar-refractivity contribution in [2.24, 2.45) is 0 Å². The lowest BCUT2D eigenvalue weighted by Gasteiger charge is -2.27. The van der Waals surface area contributed by atoms with Gasteiger partial charge in [-0.15, -0.1) is 0 Å². The Bertz CT molecular complexity index is 881. The van der Waals surface area contributed by atoms with Gasteiger partial charge in [0.05, 0.1) is 12.9 Å². The van der Waals surface area contributed by atoms with Gasteiger partial charge in [0.25, 0.3) is 0 Å². The van der Waals surface area contributed by atoms with Gasteiger partial charge in [-0.3, -0.25) is 0 Å². The molecule has 0 unspecified atom stereocenters. The van der Waals surface area contributed by atoms with Crippen LogP contribution in [-0.2, 0) is 6.54 Å². The van der Waals surface area contributed by atoms with Crippen LogP contribution >= 0.6 is 23.2 Å². The first-order valence-electron chi connectivity index (χ1n) is 8.62. The molecule has 0 aromatic heterocycles. The van der Waals surface area contributed by atoms with E-state index in [1.807, 2.05) is 22.8 Å². The van der Waals surface area contributed by atoms with E-state index in [9.17, 15) is 0 Å². The molecule has 1 fully saturated rings. The van der Waals surface area contributed by atoms with Crippen LogP contribution in [0.3, 0.4) is 0 Å². The van der Waals surface area contributed by atoms with Crippen molar-refractivity contribution in [3.8, 4) is 11.5 Å². The number of anilines is 1. The maximum absolute atomic E-state index is 6.32. The van der Waals surface area contributed by atoms with Crippen molar-refractivity contribution in [3.05, 3.63) is 46.0 Å². The summed E-state index contributed by atoms with van der Waals surface area (Å²) in [4.78, 5) is 16.1. The number of fused-ring (bicyclic) bond motifs is 1. The number of hydrogen-bond acceptors (Lipinski definition) is 5. The molecule has 0 aliphatic carbocycles. The van der Waals surface area contributed by atoms with Crippen molar-refractivity contribution in [1.29, 1.82) is 0 Å². The Morgan fingerprint density at radius 2 is 1.85 bits per heavy atom. The standard InChI is InChI=1S/C18H20Cl2N6/c1-25-7-5-11(6-8-25)17-23-15-16(21)22-10-26(18(15)24-17)9-12-13(19)3-2-4-14(12)20/h2-4,10-11H,5-9,21H2,1H3. The highest BCUT2D eigenvalue weighted by Crippen LogP contribution is 2.32. The summed E-state index contributed by atoms with van der Waals surface area (Å²) in [5, 5.41) is 1.23. The molecule has 3 aliphatic heterocycles. The van der Waals surface area contributed by atoms with E-state index >= 15 is 0 Å². The first-order chi connectivity index (χ1) is 12.5. The summed E-state index contributed by atoms with van der Waals surface area (Å²) in [5.41, 5.74) is 7.53. The number of piperidine rings is 1. The minimum Gasteiger partial charge on any atom is -0.382 e. The smallest absolute Gasteiger partial charge is 0.166 e. The van der Waals surface area contributed by atoms with Crippen molar-refractivity contribution in [2.45, 2.75) is 25.3 Å². The molecule has 8 heteroatoms. The zero-order chi connectivity index (χ0) is 18.3. The third-order valence-electron chi connectivity index (χ3n) is 4.98. The van der Waals surface area contributed by atoms with Gasteiger partial charge in [0.2, 0.25) is 0 Å². The van der Waals surface area contributed by atoms with E-state index in [1.54, 1.807) is 6.33 Å². The van der Waals surface area contributed by atoms with Crippen molar-refractivity contribution in [3.63, 3.8) is 0 Å². The molecule has 0 bridgehead atoms. The van der Waals surface area contributed by atoms with Gasteiger partial charge in [0.15, 0.2) is 17.3 Å².